The number of aromatic nitrogens is 3. The van der Waals surface area contributed by atoms with E-state index in [0.29, 0.717) is 10.5 Å². The Morgan fingerprint density at radius 2 is 2.11 bits per heavy atom. The number of rotatable bonds is 3. The molecule has 1 aliphatic rings. The molecule has 3 heterocycles. The standard InChI is InChI=1S/C20H17N5OS/c21-20-23-18-8-6-13(10-25(18)24-20)14-9-17(27-11-14)19(26)22-16-7-5-12-3-1-2-4-15(12)16/h1-4,6,8-11,16H,5,7H2,(H2,21,24)(H,22,26). The number of pyridine rings is 1. The second-order valence-corrected chi connectivity index (χ2v) is 7.56. The molecule has 27 heavy (non-hydrogen) atoms. The van der Waals surface area contributed by atoms with Crippen molar-refractivity contribution in [3.8, 4) is 11.1 Å². The number of nitrogens with two attached hydrogens (primary N) is 1. The summed E-state index contributed by atoms with van der Waals surface area (Å²) < 4.78 is 1.65. The van der Waals surface area contributed by atoms with Gasteiger partial charge in [-0.15, -0.1) is 16.4 Å². The second kappa shape index (κ2) is 6.21. The van der Waals surface area contributed by atoms with Crippen LogP contribution in [0.1, 0.15) is 33.3 Å². The Bertz CT molecular complexity index is 1160. The number of amides is 1. The fraction of sp³-hybridized carbons (Fsp3) is 0.150. The van der Waals surface area contributed by atoms with E-state index in [0.717, 1.165) is 24.0 Å². The largest absolute Gasteiger partial charge is 0.366 e. The molecule has 1 aromatic carbocycles. The zero-order valence-electron chi connectivity index (χ0n) is 14.4. The van der Waals surface area contributed by atoms with E-state index in [1.165, 1.54) is 22.5 Å². The van der Waals surface area contributed by atoms with E-state index < -0.39 is 0 Å². The number of fused-ring (bicyclic) bond motifs is 2. The molecule has 3 N–H and O–H groups in total. The van der Waals surface area contributed by atoms with E-state index in [2.05, 4.69) is 27.5 Å². The summed E-state index contributed by atoms with van der Waals surface area (Å²) in [6.45, 7) is 0. The van der Waals surface area contributed by atoms with Crippen molar-refractivity contribution in [2.75, 3.05) is 5.73 Å². The van der Waals surface area contributed by atoms with Gasteiger partial charge in [0.15, 0.2) is 5.65 Å². The summed E-state index contributed by atoms with van der Waals surface area (Å²) in [6.07, 6.45) is 3.83. The van der Waals surface area contributed by atoms with Gasteiger partial charge in [-0.05, 0) is 53.1 Å². The van der Waals surface area contributed by atoms with Crippen molar-refractivity contribution in [2.45, 2.75) is 18.9 Å². The predicted molar refractivity (Wildman–Crippen MR) is 106 cm³/mol. The Kier molecular flexibility index (Phi) is 3.68. The monoisotopic (exact) mass is 375 g/mol. The zero-order chi connectivity index (χ0) is 18.4. The van der Waals surface area contributed by atoms with Crippen molar-refractivity contribution in [1.29, 1.82) is 0 Å². The van der Waals surface area contributed by atoms with E-state index >= 15 is 0 Å². The number of carbonyl (C=O) groups is 1. The van der Waals surface area contributed by atoms with Gasteiger partial charge in [-0.3, -0.25) is 4.79 Å². The zero-order valence-corrected chi connectivity index (χ0v) is 15.2. The first-order chi connectivity index (χ1) is 13.2. The lowest BCUT2D eigenvalue weighted by Gasteiger charge is -2.13. The number of nitrogen functional groups attached to an aromatic ring is 1. The quantitative estimate of drug-likeness (QED) is 0.574. The first-order valence-electron chi connectivity index (χ1n) is 8.77. The number of aryl methyl sites for hydroxylation is 1. The maximum atomic E-state index is 12.7. The Morgan fingerprint density at radius 1 is 1.22 bits per heavy atom. The number of hydrogen-bond donors (Lipinski definition) is 2. The number of carbonyl (C=O) groups excluding carboxylic acids is 1. The van der Waals surface area contributed by atoms with Crippen LogP contribution in [0.25, 0.3) is 16.8 Å². The minimum absolute atomic E-state index is 0.0287. The molecule has 1 aliphatic carbocycles. The first kappa shape index (κ1) is 16.0. The number of benzene rings is 1. The molecule has 134 valence electrons. The molecule has 6 nitrogen and oxygen atoms in total. The normalized spacial score (nSPS) is 15.8. The third-order valence-electron chi connectivity index (χ3n) is 4.94. The number of anilines is 1. The van der Waals surface area contributed by atoms with Gasteiger partial charge in [-0.2, -0.15) is 4.98 Å². The summed E-state index contributed by atoms with van der Waals surface area (Å²) in [5, 5.41) is 9.30. The molecule has 0 saturated carbocycles. The van der Waals surface area contributed by atoms with Crippen molar-refractivity contribution in [2.24, 2.45) is 0 Å². The molecule has 7 heteroatoms. The molecule has 5 rings (SSSR count). The van der Waals surface area contributed by atoms with Crippen molar-refractivity contribution < 1.29 is 4.79 Å². The highest BCUT2D eigenvalue weighted by atomic mass is 32.1. The molecule has 0 saturated heterocycles. The molecule has 0 fully saturated rings. The second-order valence-electron chi connectivity index (χ2n) is 6.65. The lowest BCUT2D eigenvalue weighted by molar-refractivity contribution is 0.0941. The van der Waals surface area contributed by atoms with Crippen molar-refractivity contribution in [3.05, 3.63) is 70.0 Å². The predicted octanol–water partition coefficient (Wildman–Crippen LogP) is 3.46. The minimum Gasteiger partial charge on any atom is -0.366 e. The molecule has 1 unspecified atom stereocenters. The van der Waals surface area contributed by atoms with E-state index in [1.54, 1.807) is 4.52 Å². The lowest BCUT2D eigenvalue weighted by Crippen LogP contribution is -2.26. The molecule has 0 spiro atoms. The summed E-state index contributed by atoms with van der Waals surface area (Å²) in [4.78, 5) is 17.6. The Morgan fingerprint density at radius 3 is 3.04 bits per heavy atom. The maximum absolute atomic E-state index is 12.7. The van der Waals surface area contributed by atoms with Crippen LogP contribution in [0.15, 0.2) is 54.0 Å². The molecule has 0 radical (unpaired) electrons. The molecular formula is C20H17N5OS. The maximum Gasteiger partial charge on any atom is 0.261 e. The molecule has 1 atom stereocenters. The van der Waals surface area contributed by atoms with Gasteiger partial charge < -0.3 is 11.1 Å². The summed E-state index contributed by atoms with van der Waals surface area (Å²) in [6, 6.07) is 14.2. The summed E-state index contributed by atoms with van der Waals surface area (Å²) in [7, 11) is 0. The van der Waals surface area contributed by atoms with Gasteiger partial charge in [0.05, 0.1) is 10.9 Å². The molecule has 0 aliphatic heterocycles. The van der Waals surface area contributed by atoms with E-state index in [4.69, 9.17) is 5.73 Å². The third kappa shape index (κ3) is 2.86. The number of thiophene rings is 1. The van der Waals surface area contributed by atoms with Crippen LogP contribution in [0.2, 0.25) is 0 Å². The van der Waals surface area contributed by atoms with Crippen LogP contribution in [-0.4, -0.2) is 20.5 Å². The average Bonchev–Trinajstić information content (AvgIpc) is 3.38. The van der Waals surface area contributed by atoms with Crippen LogP contribution < -0.4 is 11.1 Å². The summed E-state index contributed by atoms with van der Waals surface area (Å²) >= 11 is 1.45. The van der Waals surface area contributed by atoms with Crippen LogP contribution in [0.3, 0.4) is 0 Å². The molecule has 1 amide bonds. The van der Waals surface area contributed by atoms with Gasteiger partial charge in [-0.25, -0.2) is 4.52 Å². The van der Waals surface area contributed by atoms with Gasteiger partial charge in [-0.1, -0.05) is 24.3 Å². The smallest absolute Gasteiger partial charge is 0.261 e. The Balaban J connectivity index is 1.37. The summed E-state index contributed by atoms with van der Waals surface area (Å²) in [5.41, 5.74) is 10.8. The van der Waals surface area contributed by atoms with Crippen molar-refractivity contribution >= 4 is 28.8 Å². The number of hydrogen-bond acceptors (Lipinski definition) is 5. The fourth-order valence-corrected chi connectivity index (χ4v) is 4.43. The van der Waals surface area contributed by atoms with Gasteiger partial charge in [0.25, 0.3) is 5.91 Å². The Labute approximate surface area is 159 Å². The molecule has 4 aromatic rings. The summed E-state index contributed by atoms with van der Waals surface area (Å²) in [5.74, 6) is 0.216. The SMILES string of the molecule is Nc1nc2ccc(-c3csc(C(=O)NC4CCc5ccccc54)c3)cn2n1. The van der Waals surface area contributed by atoms with Crippen LogP contribution in [0.5, 0.6) is 0 Å². The number of nitrogens with zero attached hydrogens (tertiary/aromatic N) is 3. The van der Waals surface area contributed by atoms with Crippen LogP contribution in [0, 0.1) is 0 Å². The highest BCUT2D eigenvalue weighted by Gasteiger charge is 2.24. The highest BCUT2D eigenvalue weighted by Crippen LogP contribution is 2.32. The van der Waals surface area contributed by atoms with Crippen molar-refractivity contribution in [1.82, 2.24) is 19.9 Å². The van der Waals surface area contributed by atoms with Gasteiger partial charge in [0.2, 0.25) is 5.95 Å². The van der Waals surface area contributed by atoms with E-state index in [-0.39, 0.29) is 17.9 Å². The van der Waals surface area contributed by atoms with Crippen molar-refractivity contribution in [3.63, 3.8) is 0 Å². The Hall–Kier alpha value is -3.19. The molecular weight excluding hydrogens is 358 g/mol. The molecule has 3 aromatic heterocycles. The van der Waals surface area contributed by atoms with Gasteiger partial charge in [0.1, 0.15) is 0 Å². The molecule has 0 bridgehead atoms. The average molecular weight is 375 g/mol. The highest BCUT2D eigenvalue weighted by molar-refractivity contribution is 7.12. The fourth-order valence-electron chi connectivity index (χ4n) is 3.61. The van der Waals surface area contributed by atoms with Crippen LogP contribution in [0.4, 0.5) is 5.95 Å². The lowest BCUT2D eigenvalue weighted by atomic mass is 10.1. The first-order valence-corrected chi connectivity index (χ1v) is 9.65. The van der Waals surface area contributed by atoms with Crippen LogP contribution in [-0.2, 0) is 6.42 Å². The van der Waals surface area contributed by atoms with E-state index in [9.17, 15) is 4.79 Å². The van der Waals surface area contributed by atoms with Gasteiger partial charge in [0, 0.05) is 11.8 Å². The van der Waals surface area contributed by atoms with Crippen LogP contribution >= 0.6 is 11.3 Å². The third-order valence-corrected chi connectivity index (χ3v) is 5.87. The van der Waals surface area contributed by atoms with E-state index in [1.807, 2.05) is 41.9 Å². The van der Waals surface area contributed by atoms with Gasteiger partial charge >= 0.3 is 0 Å². The number of nitrogens with one attached hydrogen (secondary N) is 1. The topological polar surface area (TPSA) is 85.3 Å². The minimum atomic E-state index is -0.0287.